The Morgan fingerprint density at radius 2 is 2.00 bits per heavy atom. The van der Waals surface area contributed by atoms with E-state index in [1.807, 2.05) is 6.92 Å². The fourth-order valence-corrected chi connectivity index (χ4v) is 0.987. The average molecular weight is 236 g/mol. The molecule has 0 aromatic rings. The van der Waals surface area contributed by atoms with E-state index in [0.29, 0.717) is 5.96 Å². The summed E-state index contributed by atoms with van der Waals surface area (Å²) in [5, 5.41) is 12.7. The molecule has 5 nitrogen and oxygen atoms in total. The summed E-state index contributed by atoms with van der Waals surface area (Å²) in [4.78, 5) is 4.26. The van der Waals surface area contributed by atoms with Gasteiger partial charge >= 0.3 is 0 Å². The van der Waals surface area contributed by atoms with Crippen LogP contribution in [-0.2, 0) is 0 Å². The van der Waals surface area contributed by atoms with E-state index in [1.54, 1.807) is 0 Å². The smallest absolute Gasteiger partial charge is 0.198 e. The predicted octanol–water partition coefficient (Wildman–Crippen LogP) is 1.05. The zero-order valence-electron chi connectivity index (χ0n) is 9.47. The van der Waals surface area contributed by atoms with Crippen LogP contribution in [0.15, 0.2) is 4.99 Å². The zero-order chi connectivity index (χ0) is 10.8. The predicted molar refractivity (Wildman–Crippen MR) is 67.8 cm³/mol. The van der Waals surface area contributed by atoms with Crippen molar-refractivity contribution in [3.8, 4) is 0 Å². The van der Waals surface area contributed by atoms with Gasteiger partial charge in [0.25, 0.3) is 0 Å². The maximum absolute atomic E-state index is 7.07. The van der Waals surface area contributed by atoms with Gasteiger partial charge in [-0.2, -0.15) is 0 Å². The van der Waals surface area contributed by atoms with Crippen molar-refractivity contribution in [1.29, 1.82) is 5.41 Å². The Bertz CT molecular complexity index is 193. The highest BCUT2D eigenvalue weighted by Crippen LogP contribution is 1.93. The van der Waals surface area contributed by atoms with E-state index < -0.39 is 0 Å². The first kappa shape index (κ1) is 16.5. The molecule has 0 spiro atoms. The van der Waals surface area contributed by atoms with Crippen LogP contribution in [0.3, 0.4) is 0 Å². The summed E-state index contributed by atoms with van der Waals surface area (Å²) >= 11 is 0. The third kappa shape index (κ3) is 11.0. The van der Waals surface area contributed by atoms with E-state index in [9.17, 15) is 0 Å². The van der Waals surface area contributed by atoms with Crippen LogP contribution in [0, 0.1) is 5.41 Å². The molecule has 0 radical (unpaired) electrons. The number of guanidine groups is 2. The highest BCUT2D eigenvalue weighted by Gasteiger charge is 1.96. The van der Waals surface area contributed by atoms with Crippen LogP contribution in [0.5, 0.6) is 0 Å². The molecule has 0 aromatic carbocycles. The van der Waals surface area contributed by atoms with Gasteiger partial charge < -0.3 is 11.1 Å². The topological polar surface area (TPSA) is 86.3 Å². The fraction of sp³-hybridized carbons (Fsp3) is 0.778. The lowest BCUT2D eigenvalue weighted by atomic mass is 10.2. The molecule has 0 unspecified atom stereocenters. The number of nitrogens with zero attached hydrogens (tertiary/aromatic N) is 1. The van der Waals surface area contributed by atoms with Crippen LogP contribution in [0.2, 0.25) is 0 Å². The van der Waals surface area contributed by atoms with Gasteiger partial charge in [-0.25, -0.2) is 0 Å². The maximum Gasteiger partial charge on any atom is 0.198 e. The molecule has 0 aliphatic heterocycles. The van der Waals surface area contributed by atoms with Gasteiger partial charge in [0.2, 0.25) is 0 Å². The van der Waals surface area contributed by atoms with Crippen molar-refractivity contribution < 1.29 is 0 Å². The molecular weight excluding hydrogens is 214 g/mol. The second-order valence-electron chi connectivity index (χ2n) is 3.01. The average Bonchev–Trinajstić information content (AvgIpc) is 2.12. The van der Waals surface area contributed by atoms with Crippen molar-refractivity contribution in [1.82, 2.24) is 10.6 Å². The first-order chi connectivity index (χ1) is 6.70. The van der Waals surface area contributed by atoms with Crippen molar-refractivity contribution in [2.24, 2.45) is 10.7 Å². The van der Waals surface area contributed by atoms with Crippen LogP contribution in [-0.4, -0.2) is 25.0 Å². The lowest BCUT2D eigenvalue weighted by Gasteiger charge is -2.08. The van der Waals surface area contributed by atoms with Crippen molar-refractivity contribution in [3.05, 3.63) is 0 Å². The van der Waals surface area contributed by atoms with Gasteiger partial charge in [-0.15, -0.1) is 12.4 Å². The Balaban J connectivity index is 0. The van der Waals surface area contributed by atoms with Crippen LogP contribution < -0.4 is 16.4 Å². The van der Waals surface area contributed by atoms with Crippen molar-refractivity contribution in [2.75, 3.05) is 13.1 Å². The fourth-order valence-electron chi connectivity index (χ4n) is 0.987. The minimum Gasteiger partial charge on any atom is -0.370 e. The van der Waals surface area contributed by atoms with E-state index in [0.717, 1.165) is 19.5 Å². The molecule has 0 aliphatic rings. The number of nitrogens with two attached hydrogens (primary N) is 1. The summed E-state index contributed by atoms with van der Waals surface area (Å²) in [6.45, 7) is 5.68. The zero-order valence-corrected chi connectivity index (χ0v) is 10.3. The molecule has 0 atom stereocenters. The summed E-state index contributed by atoms with van der Waals surface area (Å²) in [6.07, 6.45) is 3.44. The third-order valence-corrected chi connectivity index (χ3v) is 1.63. The molecule has 0 saturated heterocycles. The summed E-state index contributed by atoms with van der Waals surface area (Å²) in [5.74, 6) is 0.510. The van der Waals surface area contributed by atoms with Gasteiger partial charge in [0.1, 0.15) is 0 Å². The van der Waals surface area contributed by atoms with Crippen molar-refractivity contribution in [3.63, 3.8) is 0 Å². The van der Waals surface area contributed by atoms with Crippen LogP contribution in [0.25, 0.3) is 0 Å². The van der Waals surface area contributed by atoms with Gasteiger partial charge in [0, 0.05) is 13.1 Å². The Labute approximate surface area is 97.8 Å². The second kappa shape index (κ2) is 11.1. The van der Waals surface area contributed by atoms with E-state index >= 15 is 0 Å². The first-order valence-corrected chi connectivity index (χ1v) is 5.10. The van der Waals surface area contributed by atoms with Gasteiger partial charge in [-0.3, -0.25) is 15.7 Å². The molecule has 90 valence electrons. The van der Waals surface area contributed by atoms with Gasteiger partial charge in [-0.05, 0) is 13.3 Å². The van der Waals surface area contributed by atoms with Gasteiger partial charge in [-0.1, -0.05) is 19.8 Å². The molecule has 0 heterocycles. The minimum atomic E-state index is -0.0832. The number of nitrogens with one attached hydrogen (secondary N) is 3. The van der Waals surface area contributed by atoms with Crippen molar-refractivity contribution >= 4 is 24.3 Å². The van der Waals surface area contributed by atoms with E-state index in [-0.39, 0.29) is 18.4 Å². The number of aliphatic imine (C=N–C) groups is 1. The van der Waals surface area contributed by atoms with E-state index in [1.165, 1.54) is 12.8 Å². The van der Waals surface area contributed by atoms with Crippen molar-refractivity contribution in [2.45, 2.75) is 33.1 Å². The van der Waals surface area contributed by atoms with Gasteiger partial charge in [0.05, 0.1) is 0 Å². The molecule has 0 saturated carbocycles. The minimum absolute atomic E-state index is 0. The van der Waals surface area contributed by atoms with E-state index in [4.69, 9.17) is 11.1 Å². The lowest BCUT2D eigenvalue weighted by molar-refractivity contribution is 0.723. The van der Waals surface area contributed by atoms with Crippen LogP contribution >= 0.6 is 12.4 Å². The van der Waals surface area contributed by atoms with Crippen LogP contribution in [0.4, 0.5) is 0 Å². The largest absolute Gasteiger partial charge is 0.370 e. The molecule has 6 heteroatoms. The molecule has 0 amide bonds. The third-order valence-electron chi connectivity index (χ3n) is 1.63. The highest BCUT2D eigenvalue weighted by atomic mass is 35.5. The Kier molecular flexibility index (Phi) is 12.2. The molecule has 5 N–H and O–H groups in total. The second-order valence-corrected chi connectivity index (χ2v) is 3.01. The molecular formula is C9H22ClN5. The summed E-state index contributed by atoms with van der Waals surface area (Å²) in [5.41, 5.74) is 5.21. The highest BCUT2D eigenvalue weighted by molar-refractivity contribution is 5.96. The SMILES string of the molecule is CCCCCN=C(NCC)NC(=N)N.Cl. The Morgan fingerprint density at radius 1 is 1.33 bits per heavy atom. The van der Waals surface area contributed by atoms with E-state index in [2.05, 4.69) is 22.5 Å². The maximum atomic E-state index is 7.07. The lowest BCUT2D eigenvalue weighted by Crippen LogP contribution is -2.44. The number of hydrogen-bond donors (Lipinski definition) is 4. The van der Waals surface area contributed by atoms with Gasteiger partial charge in [0.15, 0.2) is 11.9 Å². The molecule has 0 aliphatic carbocycles. The summed E-state index contributed by atoms with van der Waals surface area (Å²) < 4.78 is 0. The standard InChI is InChI=1S/C9H21N5.ClH/c1-3-5-6-7-13-9(12-4-2)14-8(10)11;/h3-7H2,1-2H3,(H5,10,11,12,13,14);1H. The molecule has 0 aromatic heterocycles. The molecule has 0 rings (SSSR count). The Morgan fingerprint density at radius 3 is 2.47 bits per heavy atom. The molecule has 0 bridgehead atoms. The molecule has 0 fully saturated rings. The quantitative estimate of drug-likeness (QED) is 0.326. The monoisotopic (exact) mass is 235 g/mol. The summed E-state index contributed by atoms with van der Waals surface area (Å²) in [6, 6.07) is 0. The first-order valence-electron chi connectivity index (χ1n) is 5.10. The Hall–Kier alpha value is -0.970. The molecule has 15 heavy (non-hydrogen) atoms. The summed E-state index contributed by atoms with van der Waals surface area (Å²) in [7, 11) is 0. The number of hydrogen-bond acceptors (Lipinski definition) is 2. The van der Waals surface area contributed by atoms with Crippen LogP contribution in [0.1, 0.15) is 33.1 Å². The number of unbranched alkanes of at least 4 members (excludes halogenated alkanes) is 2. The number of rotatable bonds is 5. The normalized spacial score (nSPS) is 10.4. The number of halogens is 1.